The molecule has 1 aromatic rings. The second-order valence-corrected chi connectivity index (χ2v) is 10.8. The molecule has 4 aliphatic carbocycles. The van der Waals surface area contributed by atoms with Crippen molar-refractivity contribution in [1.29, 1.82) is 0 Å². The van der Waals surface area contributed by atoms with Gasteiger partial charge in [0, 0.05) is 43.7 Å². The number of nitrogens with one attached hydrogen (secondary N) is 1. The minimum Gasteiger partial charge on any atom is -0.335 e. The van der Waals surface area contributed by atoms with Crippen molar-refractivity contribution >= 4 is 17.6 Å². The van der Waals surface area contributed by atoms with Gasteiger partial charge in [0.1, 0.15) is 0 Å². The van der Waals surface area contributed by atoms with Crippen molar-refractivity contribution in [3.8, 4) is 0 Å². The van der Waals surface area contributed by atoms with Crippen molar-refractivity contribution in [3.05, 3.63) is 29.8 Å². The number of hydrogen-bond donors (Lipinski definition) is 1. The first kappa shape index (κ1) is 18.7. The van der Waals surface area contributed by atoms with E-state index in [2.05, 4.69) is 23.5 Å². The summed E-state index contributed by atoms with van der Waals surface area (Å²) in [5.41, 5.74) is 2.36. The predicted molar refractivity (Wildman–Crippen MR) is 116 cm³/mol. The van der Waals surface area contributed by atoms with E-state index in [1.807, 2.05) is 15.9 Å². The highest BCUT2D eigenvalue weighted by atomic mass is 16.2. The highest BCUT2D eigenvalue weighted by molar-refractivity contribution is 5.94. The van der Waals surface area contributed by atoms with E-state index in [-0.39, 0.29) is 17.4 Å². The van der Waals surface area contributed by atoms with Crippen LogP contribution >= 0.6 is 0 Å². The topological polar surface area (TPSA) is 52.7 Å². The van der Waals surface area contributed by atoms with E-state index in [1.54, 1.807) is 6.92 Å². The zero-order valence-corrected chi connectivity index (χ0v) is 18.0. The Labute approximate surface area is 179 Å². The van der Waals surface area contributed by atoms with Crippen LogP contribution in [0.25, 0.3) is 0 Å². The monoisotopic (exact) mass is 407 g/mol. The van der Waals surface area contributed by atoms with Gasteiger partial charge in [0.05, 0.1) is 0 Å². The van der Waals surface area contributed by atoms with Crippen molar-refractivity contribution in [2.75, 3.05) is 24.5 Å². The smallest absolute Gasteiger partial charge is 0.317 e. The molecule has 4 saturated carbocycles. The lowest BCUT2D eigenvalue weighted by Gasteiger charge is -2.54. The van der Waals surface area contributed by atoms with Gasteiger partial charge in [-0.25, -0.2) is 4.79 Å². The van der Waals surface area contributed by atoms with Crippen LogP contribution in [0, 0.1) is 23.7 Å². The molecule has 1 aromatic carbocycles. The molecule has 5 nitrogen and oxygen atoms in total. The molecule has 0 atom stereocenters. The summed E-state index contributed by atoms with van der Waals surface area (Å²) >= 11 is 0. The molecule has 7 rings (SSSR count). The molecule has 0 radical (unpaired) electrons. The second kappa shape index (κ2) is 6.73. The van der Waals surface area contributed by atoms with Gasteiger partial charge in [-0.15, -0.1) is 0 Å². The van der Waals surface area contributed by atoms with Gasteiger partial charge in [0.15, 0.2) is 0 Å². The van der Waals surface area contributed by atoms with Gasteiger partial charge in [-0.05, 0) is 80.2 Å². The van der Waals surface area contributed by atoms with Crippen molar-refractivity contribution in [1.82, 2.24) is 10.2 Å². The SMILES string of the molecule is CC(=O)N1CC2(CCN(C(=O)NC3C4CC5CC(C4)CC3C5)CC2)c2ccccc21. The van der Waals surface area contributed by atoms with Crippen LogP contribution in [0.5, 0.6) is 0 Å². The molecule has 0 aromatic heterocycles. The highest BCUT2D eigenvalue weighted by Gasteiger charge is 2.50. The first-order valence-corrected chi connectivity index (χ1v) is 12.0. The molecule has 4 bridgehead atoms. The maximum absolute atomic E-state index is 13.2. The van der Waals surface area contributed by atoms with Gasteiger partial charge in [-0.2, -0.15) is 0 Å². The Bertz CT molecular complexity index is 845. The van der Waals surface area contributed by atoms with E-state index in [0.29, 0.717) is 17.9 Å². The number of piperidine rings is 1. The molecule has 5 fully saturated rings. The molecule has 1 N–H and O–H groups in total. The average Bonchev–Trinajstić information content (AvgIpc) is 3.05. The molecule has 0 unspecified atom stereocenters. The number of amides is 3. The van der Waals surface area contributed by atoms with Gasteiger partial charge < -0.3 is 15.1 Å². The fourth-order valence-electron chi connectivity index (χ4n) is 7.87. The van der Waals surface area contributed by atoms with Crippen LogP contribution in [0.3, 0.4) is 0 Å². The zero-order valence-electron chi connectivity index (χ0n) is 18.0. The average molecular weight is 408 g/mol. The predicted octanol–water partition coefficient (Wildman–Crippen LogP) is 3.92. The minimum absolute atomic E-state index is 0.00165. The number of benzene rings is 1. The summed E-state index contributed by atoms with van der Waals surface area (Å²) in [5, 5.41) is 3.48. The Balaban J connectivity index is 1.13. The molecule has 30 heavy (non-hydrogen) atoms. The number of carbonyl (C=O) groups excluding carboxylic acids is 2. The van der Waals surface area contributed by atoms with Crippen LogP contribution in [0.2, 0.25) is 0 Å². The maximum Gasteiger partial charge on any atom is 0.317 e. The van der Waals surface area contributed by atoms with Crippen LogP contribution in [0.15, 0.2) is 24.3 Å². The third kappa shape index (κ3) is 2.80. The van der Waals surface area contributed by atoms with Gasteiger partial charge in [0.25, 0.3) is 0 Å². The lowest BCUT2D eigenvalue weighted by Crippen LogP contribution is -2.59. The summed E-state index contributed by atoms with van der Waals surface area (Å²) in [7, 11) is 0. The van der Waals surface area contributed by atoms with Crippen LogP contribution < -0.4 is 10.2 Å². The first-order valence-electron chi connectivity index (χ1n) is 12.0. The molecular formula is C25H33N3O2. The van der Waals surface area contributed by atoms with E-state index in [0.717, 1.165) is 50.0 Å². The summed E-state index contributed by atoms with van der Waals surface area (Å²) < 4.78 is 0. The minimum atomic E-state index is 0.00165. The molecular weight excluding hydrogens is 374 g/mol. The molecule has 2 aliphatic heterocycles. The van der Waals surface area contributed by atoms with Crippen LogP contribution in [0.1, 0.15) is 57.4 Å². The van der Waals surface area contributed by atoms with Crippen molar-refractivity contribution < 1.29 is 9.59 Å². The largest absolute Gasteiger partial charge is 0.335 e. The van der Waals surface area contributed by atoms with E-state index in [4.69, 9.17) is 0 Å². The van der Waals surface area contributed by atoms with Crippen LogP contribution in [-0.2, 0) is 10.2 Å². The maximum atomic E-state index is 13.2. The number of fused-ring (bicyclic) bond motifs is 2. The summed E-state index contributed by atoms with van der Waals surface area (Å²) in [6.07, 6.45) is 8.64. The summed E-state index contributed by atoms with van der Waals surface area (Å²) in [6, 6.07) is 8.90. The first-order chi connectivity index (χ1) is 14.5. The van der Waals surface area contributed by atoms with Gasteiger partial charge in [-0.1, -0.05) is 18.2 Å². The summed E-state index contributed by atoms with van der Waals surface area (Å²) in [6.45, 7) is 3.97. The van der Waals surface area contributed by atoms with Gasteiger partial charge in [0.2, 0.25) is 5.91 Å². The Morgan fingerprint density at radius 2 is 1.60 bits per heavy atom. The number of hydrogen-bond acceptors (Lipinski definition) is 2. The fraction of sp³-hybridized carbons (Fsp3) is 0.680. The second-order valence-electron chi connectivity index (χ2n) is 10.8. The quantitative estimate of drug-likeness (QED) is 0.767. The lowest BCUT2D eigenvalue weighted by molar-refractivity contribution is -0.116. The van der Waals surface area contributed by atoms with Crippen LogP contribution in [0.4, 0.5) is 10.5 Å². The Morgan fingerprint density at radius 3 is 2.23 bits per heavy atom. The van der Waals surface area contributed by atoms with Gasteiger partial charge in [-0.3, -0.25) is 4.79 Å². The van der Waals surface area contributed by atoms with Crippen LogP contribution in [-0.4, -0.2) is 42.5 Å². The van der Waals surface area contributed by atoms with E-state index >= 15 is 0 Å². The standard InChI is InChI=1S/C25H33N3O2/c1-16(29)28-15-25(21-4-2-3-5-22(21)28)6-8-27(9-7-25)24(30)26-23-19-11-17-10-18(13-19)14-20(23)12-17/h2-5,17-20,23H,6-15H2,1H3,(H,26,30). The number of likely N-dealkylation sites (tertiary alicyclic amines) is 1. The Morgan fingerprint density at radius 1 is 0.967 bits per heavy atom. The number of rotatable bonds is 1. The van der Waals surface area contributed by atoms with E-state index in [1.165, 1.54) is 37.7 Å². The number of para-hydroxylation sites is 1. The summed E-state index contributed by atoms with van der Waals surface area (Å²) in [5.74, 6) is 3.41. The lowest BCUT2D eigenvalue weighted by atomic mass is 9.54. The van der Waals surface area contributed by atoms with Crippen molar-refractivity contribution in [2.24, 2.45) is 23.7 Å². The highest BCUT2D eigenvalue weighted by Crippen LogP contribution is 2.54. The number of anilines is 1. The third-order valence-corrected chi connectivity index (χ3v) is 9.13. The molecule has 2 heterocycles. The van der Waals surface area contributed by atoms with E-state index < -0.39 is 0 Å². The number of urea groups is 1. The Hall–Kier alpha value is -2.04. The number of carbonyl (C=O) groups is 2. The molecule has 1 saturated heterocycles. The van der Waals surface area contributed by atoms with Gasteiger partial charge >= 0.3 is 6.03 Å². The fourth-order valence-corrected chi connectivity index (χ4v) is 7.87. The number of nitrogens with zero attached hydrogens (tertiary/aromatic N) is 2. The van der Waals surface area contributed by atoms with E-state index in [9.17, 15) is 9.59 Å². The molecule has 6 aliphatic rings. The third-order valence-electron chi connectivity index (χ3n) is 9.13. The molecule has 1 spiro atoms. The molecule has 3 amide bonds. The normalized spacial score (nSPS) is 35.6. The van der Waals surface area contributed by atoms with Crippen molar-refractivity contribution in [2.45, 2.75) is 63.3 Å². The molecule has 5 heteroatoms. The summed E-state index contributed by atoms with van der Waals surface area (Å²) in [4.78, 5) is 29.3. The zero-order chi connectivity index (χ0) is 20.5. The Kier molecular flexibility index (Phi) is 4.20. The molecule has 160 valence electrons. The van der Waals surface area contributed by atoms with Crippen molar-refractivity contribution in [3.63, 3.8) is 0 Å².